The maximum absolute atomic E-state index is 13.2. The van der Waals surface area contributed by atoms with E-state index in [1.54, 1.807) is 18.3 Å². The van der Waals surface area contributed by atoms with Crippen LogP contribution >= 0.6 is 0 Å². The Morgan fingerprint density at radius 3 is 2.53 bits per heavy atom. The number of hydrogen-bond acceptors (Lipinski definition) is 4. The van der Waals surface area contributed by atoms with Crippen LogP contribution in [0.15, 0.2) is 78.6 Å². The number of nitrogens with zero attached hydrogens (tertiary/aromatic N) is 3. The SMILES string of the molecule is Cc1ccnc(C)c1C(=O)N1C=C2CN(CC[C@H](NC(=O)Cc3ccc(F)cc3)c3ccccc3)CC2C1. The average molecular weight is 513 g/mol. The van der Waals surface area contributed by atoms with Gasteiger partial charge < -0.3 is 10.2 Å². The standard InChI is InChI=1S/C31H33FN4O2/c1-21-12-14-33-22(2)30(21)31(38)36-19-25-17-35(18-26(25)20-36)15-13-28(24-6-4-3-5-7-24)34-29(37)16-23-8-10-27(32)11-9-23/h3-12,14,19,26,28H,13,15-18,20H2,1-2H3,(H,34,37)/t26?,28-/m0/s1. The molecule has 1 unspecified atom stereocenters. The second kappa shape index (κ2) is 11.3. The highest BCUT2D eigenvalue weighted by molar-refractivity contribution is 5.97. The van der Waals surface area contributed by atoms with Crippen molar-refractivity contribution in [2.75, 3.05) is 26.2 Å². The molecule has 1 saturated heterocycles. The smallest absolute Gasteiger partial charge is 0.259 e. The van der Waals surface area contributed by atoms with E-state index in [9.17, 15) is 14.0 Å². The third-order valence-electron chi connectivity index (χ3n) is 7.52. The molecule has 3 aromatic rings. The van der Waals surface area contributed by atoms with Crippen molar-refractivity contribution in [3.05, 3.63) is 112 Å². The topological polar surface area (TPSA) is 65.5 Å². The molecule has 2 atom stereocenters. The van der Waals surface area contributed by atoms with Crippen LogP contribution in [-0.4, -0.2) is 52.8 Å². The predicted molar refractivity (Wildman–Crippen MR) is 145 cm³/mol. The summed E-state index contributed by atoms with van der Waals surface area (Å²) in [5.74, 6) is -0.0350. The predicted octanol–water partition coefficient (Wildman–Crippen LogP) is 4.60. The fourth-order valence-corrected chi connectivity index (χ4v) is 5.52. The highest BCUT2D eigenvalue weighted by Gasteiger charge is 2.36. The number of pyridine rings is 1. The molecule has 0 radical (unpaired) electrons. The minimum absolute atomic E-state index is 0.0227. The number of carbonyl (C=O) groups excluding carboxylic acids is 2. The number of halogens is 1. The zero-order chi connectivity index (χ0) is 26.6. The van der Waals surface area contributed by atoms with Crippen LogP contribution in [0.3, 0.4) is 0 Å². The van der Waals surface area contributed by atoms with Gasteiger partial charge in [0.1, 0.15) is 5.82 Å². The van der Waals surface area contributed by atoms with Gasteiger partial charge in [-0.1, -0.05) is 42.5 Å². The van der Waals surface area contributed by atoms with Crippen LogP contribution in [0.25, 0.3) is 0 Å². The molecule has 2 aliphatic heterocycles. The fraction of sp³-hybridized carbons (Fsp3) is 0.323. The Labute approximate surface area is 223 Å². The third kappa shape index (κ3) is 5.83. The molecule has 2 amide bonds. The third-order valence-corrected chi connectivity index (χ3v) is 7.52. The second-order valence-corrected chi connectivity index (χ2v) is 10.3. The maximum atomic E-state index is 13.2. The van der Waals surface area contributed by atoms with Gasteiger partial charge in [0.05, 0.1) is 23.7 Å². The summed E-state index contributed by atoms with van der Waals surface area (Å²) in [5, 5.41) is 3.19. The van der Waals surface area contributed by atoms with Gasteiger partial charge in [-0.3, -0.25) is 19.5 Å². The van der Waals surface area contributed by atoms with Gasteiger partial charge in [0.15, 0.2) is 0 Å². The quantitative estimate of drug-likeness (QED) is 0.479. The van der Waals surface area contributed by atoms with Gasteiger partial charge >= 0.3 is 0 Å². The molecule has 0 spiro atoms. The molecule has 1 N–H and O–H groups in total. The number of hydrogen-bond donors (Lipinski definition) is 1. The van der Waals surface area contributed by atoms with Gasteiger partial charge in [-0.15, -0.1) is 0 Å². The Balaban J connectivity index is 1.20. The van der Waals surface area contributed by atoms with Gasteiger partial charge in [0, 0.05) is 44.5 Å². The van der Waals surface area contributed by atoms with Crippen LogP contribution in [-0.2, 0) is 11.2 Å². The normalized spacial score (nSPS) is 17.7. The summed E-state index contributed by atoms with van der Waals surface area (Å²) in [5.41, 5.74) is 5.55. The number of benzene rings is 2. The van der Waals surface area contributed by atoms with Crippen LogP contribution in [0.1, 0.15) is 45.2 Å². The zero-order valence-corrected chi connectivity index (χ0v) is 21.9. The summed E-state index contributed by atoms with van der Waals surface area (Å²) in [6.45, 7) is 7.08. The highest BCUT2D eigenvalue weighted by atomic mass is 19.1. The first-order valence-corrected chi connectivity index (χ1v) is 13.1. The lowest BCUT2D eigenvalue weighted by atomic mass is 10.0. The maximum Gasteiger partial charge on any atom is 0.259 e. The average Bonchev–Trinajstić information content (AvgIpc) is 3.47. The lowest BCUT2D eigenvalue weighted by Crippen LogP contribution is -2.34. The first-order valence-electron chi connectivity index (χ1n) is 13.1. The lowest BCUT2D eigenvalue weighted by molar-refractivity contribution is -0.121. The molecule has 7 heteroatoms. The number of fused-ring (bicyclic) bond motifs is 1. The molecular formula is C31H33FN4O2. The van der Waals surface area contributed by atoms with Crippen molar-refractivity contribution in [1.82, 2.24) is 20.1 Å². The Morgan fingerprint density at radius 2 is 1.82 bits per heavy atom. The van der Waals surface area contributed by atoms with Crippen molar-refractivity contribution in [3.63, 3.8) is 0 Å². The molecule has 0 saturated carbocycles. The number of likely N-dealkylation sites (tertiary alicyclic amines) is 1. The minimum atomic E-state index is -0.309. The Morgan fingerprint density at radius 1 is 1.05 bits per heavy atom. The van der Waals surface area contributed by atoms with Crippen LogP contribution in [0.2, 0.25) is 0 Å². The molecular weight excluding hydrogens is 479 g/mol. The van der Waals surface area contributed by atoms with E-state index in [0.717, 1.165) is 48.4 Å². The van der Waals surface area contributed by atoms with E-state index in [4.69, 9.17) is 0 Å². The Hall–Kier alpha value is -3.84. The van der Waals surface area contributed by atoms with Gasteiger partial charge in [0.25, 0.3) is 5.91 Å². The molecule has 2 aromatic carbocycles. The van der Waals surface area contributed by atoms with Crippen molar-refractivity contribution < 1.29 is 14.0 Å². The molecule has 0 aliphatic carbocycles. The van der Waals surface area contributed by atoms with Crippen molar-refractivity contribution in [2.24, 2.45) is 5.92 Å². The summed E-state index contributed by atoms with van der Waals surface area (Å²) in [7, 11) is 0. The lowest BCUT2D eigenvalue weighted by Gasteiger charge is -2.24. The molecule has 38 heavy (non-hydrogen) atoms. The van der Waals surface area contributed by atoms with E-state index in [2.05, 4.69) is 15.2 Å². The number of carbonyl (C=O) groups is 2. The molecule has 5 rings (SSSR count). The Bertz CT molecular complexity index is 1320. The van der Waals surface area contributed by atoms with E-state index >= 15 is 0 Å². The number of nitrogens with one attached hydrogen (secondary N) is 1. The van der Waals surface area contributed by atoms with Crippen molar-refractivity contribution in [2.45, 2.75) is 32.7 Å². The Kier molecular flexibility index (Phi) is 7.65. The van der Waals surface area contributed by atoms with Crippen LogP contribution in [0, 0.1) is 25.6 Å². The van der Waals surface area contributed by atoms with Gasteiger partial charge in [-0.25, -0.2) is 4.39 Å². The van der Waals surface area contributed by atoms with Crippen LogP contribution in [0.4, 0.5) is 4.39 Å². The van der Waals surface area contributed by atoms with Gasteiger partial charge in [-0.05, 0) is 60.7 Å². The van der Waals surface area contributed by atoms with E-state index < -0.39 is 0 Å². The number of aryl methyl sites for hydroxylation is 2. The summed E-state index contributed by atoms with van der Waals surface area (Å²) in [6.07, 6.45) is 4.75. The van der Waals surface area contributed by atoms with Crippen LogP contribution in [0.5, 0.6) is 0 Å². The zero-order valence-electron chi connectivity index (χ0n) is 21.9. The van der Waals surface area contributed by atoms with Gasteiger partial charge in [0.2, 0.25) is 5.91 Å². The molecule has 3 heterocycles. The largest absolute Gasteiger partial charge is 0.349 e. The monoisotopic (exact) mass is 512 g/mol. The molecule has 6 nitrogen and oxygen atoms in total. The molecule has 2 aliphatic rings. The molecule has 0 bridgehead atoms. The fourth-order valence-electron chi connectivity index (χ4n) is 5.52. The summed E-state index contributed by atoms with van der Waals surface area (Å²) in [4.78, 5) is 34.6. The van der Waals surface area contributed by atoms with E-state index in [-0.39, 0.29) is 30.1 Å². The summed E-state index contributed by atoms with van der Waals surface area (Å²) < 4.78 is 13.2. The molecule has 1 aromatic heterocycles. The highest BCUT2D eigenvalue weighted by Crippen LogP contribution is 2.32. The van der Waals surface area contributed by atoms with Crippen LogP contribution < -0.4 is 5.32 Å². The van der Waals surface area contributed by atoms with Crippen molar-refractivity contribution in [1.29, 1.82) is 0 Å². The number of amides is 2. The molecule has 1 fully saturated rings. The number of rotatable bonds is 8. The summed E-state index contributed by atoms with van der Waals surface area (Å²) >= 11 is 0. The summed E-state index contributed by atoms with van der Waals surface area (Å²) in [6, 6.07) is 17.8. The first-order chi connectivity index (χ1) is 18.4. The van der Waals surface area contributed by atoms with E-state index in [0.29, 0.717) is 18.0 Å². The van der Waals surface area contributed by atoms with E-state index in [1.165, 1.54) is 17.7 Å². The van der Waals surface area contributed by atoms with Crippen molar-refractivity contribution >= 4 is 11.8 Å². The van der Waals surface area contributed by atoms with Gasteiger partial charge in [-0.2, -0.15) is 0 Å². The first kappa shape index (κ1) is 25.8. The minimum Gasteiger partial charge on any atom is -0.349 e. The number of aromatic nitrogens is 1. The second-order valence-electron chi connectivity index (χ2n) is 10.3. The van der Waals surface area contributed by atoms with E-state index in [1.807, 2.05) is 61.3 Å². The van der Waals surface area contributed by atoms with Crippen molar-refractivity contribution in [3.8, 4) is 0 Å². The molecule has 196 valence electrons.